The van der Waals surface area contributed by atoms with E-state index in [-0.39, 0.29) is 0 Å². The van der Waals surface area contributed by atoms with Gasteiger partial charge in [0.05, 0.1) is 17.6 Å². The standard InChI is InChI=1S/C20H16N2/c1-21-14-15-8-7-13-19-20(15)17-11-5-6-12-18(17)22(19)16-9-3-2-4-10-16/h2-13H,1,14H2. The average molecular weight is 284 g/mol. The zero-order valence-corrected chi connectivity index (χ0v) is 12.2. The maximum absolute atomic E-state index is 4.09. The first-order valence-electron chi connectivity index (χ1n) is 7.39. The van der Waals surface area contributed by atoms with Crippen LogP contribution >= 0.6 is 0 Å². The Morgan fingerprint density at radius 2 is 1.50 bits per heavy atom. The predicted molar refractivity (Wildman–Crippen MR) is 94.0 cm³/mol. The zero-order valence-electron chi connectivity index (χ0n) is 12.2. The molecule has 0 aliphatic rings. The molecule has 0 radical (unpaired) electrons. The van der Waals surface area contributed by atoms with E-state index >= 15 is 0 Å². The molecule has 1 heterocycles. The summed E-state index contributed by atoms with van der Waals surface area (Å²) in [7, 11) is 0. The average Bonchev–Trinajstić information content (AvgIpc) is 2.91. The van der Waals surface area contributed by atoms with Crippen LogP contribution < -0.4 is 0 Å². The van der Waals surface area contributed by atoms with Crippen LogP contribution in [0.1, 0.15) is 5.56 Å². The van der Waals surface area contributed by atoms with Gasteiger partial charge in [-0.3, -0.25) is 4.99 Å². The topological polar surface area (TPSA) is 17.3 Å². The number of benzene rings is 3. The fraction of sp³-hybridized carbons (Fsp3) is 0.0500. The van der Waals surface area contributed by atoms with Gasteiger partial charge in [-0.15, -0.1) is 0 Å². The lowest BCUT2D eigenvalue weighted by atomic mass is 10.1. The minimum Gasteiger partial charge on any atom is -0.309 e. The van der Waals surface area contributed by atoms with Crippen molar-refractivity contribution in [1.29, 1.82) is 0 Å². The highest BCUT2D eigenvalue weighted by molar-refractivity contribution is 6.10. The van der Waals surface area contributed by atoms with Crippen molar-refractivity contribution in [2.75, 3.05) is 0 Å². The first kappa shape index (κ1) is 12.8. The first-order chi connectivity index (χ1) is 10.9. The normalized spacial score (nSPS) is 11.1. The fourth-order valence-corrected chi connectivity index (χ4v) is 3.20. The molecule has 22 heavy (non-hydrogen) atoms. The number of fused-ring (bicyclic) bond motifs is 3. The third-order valence-corrected chi connectivity index (χ3v) is 4.08. The van der Waals surface area contributed by atoms with E-state index in [0.717, 1.165) is 0 Å². The molecule has 0 amide bonds. The second-order valence-corrected chi connectivity index (χ2v) is 5.38. The van der Waals surface area contributed by atoms with Gasteiger partial charge in [0.2, 0.25) is 0 Å². The Labute approximate surface area is 129 Å². The van der Waals surface area contributed by atoms with E-state index in [1.165, 1.54) is 33.1 Å². The van der Waals surface area contributed by atoms with E-state index in [0.29, 0.717) is 6.54 Å². The summed E-state index contributed by atoms with van der Waals surface area (Å²) in [6.07, 6.45) is 0. The first-order valence-corrected chi connectivity index (χ1v) is 7.39. The van der Waals surface area contributed by atoms with Crippen LogP contribution in [0.3, 0.4) is 0 Å². The molecular weight excluding hydrogens is 268 g/mol. The maximum Gasteiger partial charge on any atom is 0.0639 e. The monoisotopic (exact) mass is 284 g/mol. The fourth-order valence-electron chi connectivity index (χ4n) is 3.20. The SMILES string of the molecule is C=NCc1cccc2c1c1ccccc1n2-c1ccccc1. The van der Waals surface area contributed by atoms with Gasteiger partial charge in [0, 0.05) is 16.5 Å². The van der Waals surface area contributed by atoms with Crippen LogP contribution in [0.4, 0.5) is 0 Å². The number of aliphatic imine (C=N–C) groups is 1. The lowest BCUT2D eigenvalue weighted by Gasteiger charge is -2.07. The van der Waals surface area contributed by atoms with E-state index in [2.05, 4.69) is 83.0 Å². The molecule has 0 aliphatic heterocycles. The van der Waals surface area contributed by atoms with Gasteiger partial charge in [-0.25, -0.2) is 0 Å². The number of nitrogens with zero attached hydrogens (tertiary/aromatic N) is 2. The van der Waals surface area contributed by atoms with Gasteiger partial charge in [0.15, 0.2) is 0 Å². The Hall–Kier alpha value is -2.87. The molecule has 0 bridgehead atoms. The number of hydrogen-bond donors (Lipinski definition) is 0. The molecule has 2 heteroatoms. The summed E-state index contributed by atoms with van der Waals surface area (Å²) in [5, 5.41) is 2.54. The summed E-state index contributed by atoms with van der Waals surface area (Å²) >= 11 is 0. The van der Waals surface area contributed by atoms with Crippen LogP contribution in [-0.4, -0.2) is 11.3 Å². The van der Waals surface area contributed by atoms with E-state index in [9.17, 15) is 0 Å². The number of para-hydroxylation sites is 2. The number of hydrogen-bond acceptors (Lipinski definition) is 1. The molecule has 1 aromatic heterocycles. The summed E-state index contributed by atoms with van der Waals surface area (Å²) in [5.41, 5.74) is 4.84. The van der Waals surface area contributed by atoms with Gasteiger partial charge in [-0.1, -0.05) is 48.5 Å². The van der Waals surface area contributed by atoms with Gasteiger partial charge >= 0.3 is 0 Å². The summed E-state index contributed by atoms with van der Waals surface area (Å²) in [6, 6.07) is 25.4. The van der Waals surface area contributed by atoms with Crippen molar-refractivity contribution in [3.05, 3.63) is 78.4 Å². The van der Waals surface area contributed by atoms with E-state index in [1.807, 2.05) is 6.07 Å². The maximum atomic E-state index is 4.09. The van der Waals surface area contributed by atoms with Crippen molar-refractivity contribution in [2.45, 2.75) is 6.54 Å². The lowest BCUT2D eigenvalue weighted by Crippen LogP contribution is -1.93. The van der Waals surface area contributed by atoms with Crippen LogP contribution in [0.5, 0.6) is 0 Å². The van der Waals surface area contributed by atoms with E-state index in [4.69, 9.17) is 0 Å². The van der Waals surface area contributed by atoms with E-state index in [1.54, 1.807) is 0 Å². The minimum absolute atomic E-state index is 0.639. The van der Waals surface area contributed by atoms with Crippen LogP contribution in [-0.2, 0) is 6.54 Å². The lowest BCUT2D eigenvalue weighted by molar-refractivity contribution is 1.10. The molecule has 106 valence electrons. The Bertz CT molecular complexity index is 965. The molecule has 4 rings (SSSR count). The molecule has 0 saturated carbocycles. The van der Waals surface area contributed by atoms with Crippen molar-refractivity contribution >= 4 is 28.5 Å². The van der Waals surface area contributed by atoms with Crippen molar-refractivity contribution in [1.82, 2.24) is 4.57 Å². The summed E-state index contributed by atoms with van der Waals surface area (Å²) in [6.45, 7) is 4.29. The molecule has 0 saturated heterocycles. The van der Waals surface area contributed by atoms with Crippen LogP contribution in [0.2, 0.25) is 0 Å². The molecule has 0 atom stereocenters. The van der Waals surface area contributed by atoms with Crippen molar-refractivity contribution in [3.8, 4) is 5.69 Å². The van der Waals surface area contributed by atoms with Crippen LogP contribution in [0.15, 0.2) is 77.8 Å². The van der Waals surface area contributed by atoms with Crippen molar-refractivity contribution < 1.29 is 0 Å². The predicted octanol–water partition coefficient (Wildman–Crippen LogP) is 4.98. The zero-order chi connectivity index (χ0) is 14.9. The van der Waals surface area contributed by atoms with Gasteiger partial charge in [-0.05, 0) is 36.5 Å². The number of rotatable bonds is 3. The van der Waals surface area contributed by atoms with Crippen molar-refractivity contribution in [3.63, 3.8) is 0 Å². The summed E-state index contributed by atoms with van der Waals surface area (Å²) < 4.78 is 2.32. The molecule has 0 N–H and O–H groups in total. The van der Waals surface area contributed by atoms with Gasteiger partial charge in [0.1, 0.15) is 0 Å². The minimum atomic E-state index is 0.639. The second kappa shape index (κ2) is 5.15. The second-order valence-electron chi connectivity index (χ2n) is 5.38. The highest BCUT2D eigenvalue weighted by Gasteiger charge is 2.13. The quantitative estimate of drug-likeness (QED) is 0.472. The molecule has 0 unspecified atom stereocenters. The Morgan fingerprint density at radius 1 is 0.773 bits per heavy atom. The van der Waals surface area contributed by atoms with Crippen LogP contribution in [0, 0.1) is 0 Å². The molecule has 0 spiro atoms. The smallest absolute Gasteiger partial charge is 0.0639 e. The third kappa shape index (κ3) is 1.85. The van der Waals surface area contributed by atoms with Crippen LogP contribution in [0.25, 0.3) is 27.5 Å². The summed E-state index contributed by atoms with van der Waals surface area (Å²) in [5.74, 6) is 0. The van der Waals surface area contributed by atoms with Gasteiger partial charge in [0.25, 0.3) is 0 Å². The van der Waals surface area contributed by atoms with Crippen molar-refractivity contribution in [2.24, 2.45) is 4.99 Å². The summed E-state index contributed by atoms with van der Waals surface area (Å²) in [4.78, 5) is 4.09. The number of aromatic nitrogens is 1. The molecule has 0 aliphatic carbocycles. The van der Waals surface area contributed by atoms with E-state index < -0.39 is 0 Å². The molecule has 3 aromatic carbocycles. The Kier molecular flexibility index (Phi) is 3.01. The van der Waals surface area contributed by atoms with Gasteiger partial charge in [-0.2, -0.15) is 0 Å². The Balaban J connectivity index is 2.19. The van der Waals surface area contributed by atoms with Gasteiger partial charge < -0.3 is 4.57 Å². The Morgan fingerprint density at radius 3 is 2.32 bits per heavy atom. The third-order valence-electron chi connectivity index (χ3n) is 4.08. The molecule has 4 aromatic rings. The highest BCUT2D eigenvalue weighted by atomic mass is 15.0. The molecule has 0 fully saturated rings. The molecular formula is C20H16N2. The molecule has 2 nitrogen and oxygen atoms in total. The largest absolute Gasteiger partial charge is 0.309 e. The highest BCUT2D eigenvalue weighted by Crippen LogP contribution is 2.34.